The van der Waals surface area contributed by atoms with Crippen molar-refractivity contribution in [1.82, 2.24) is 19.9 Å². The van der Waals surface area contributed by atoms with Crippen LogP contribution in [-0.2, 0) is 4.74 Å². The van der Waals surface area contributed by atoms with Crippen molar-refractivity contribution < 1.29 is 9.53 Å². The van der Waals surface area contributed by atoms with Gasteiger partial charge in [0.15, 0.2) is 5.65 Å². The van der Waals surface area contributed by atoms with E-state index in [2.05, 4.69) is 21.0 Å². The lowest BCUT2D eigenvalue weighted by molar-refractivity contribution is 0.0343. The van der Waals surface area contributed by atoms with Crippen LogP contribution in [0, 0.1) is 6.92 Å². The first-order chi connectivity index (χ1) is 14.8. The molecule has 0 aliphatic heterocycles. The van der Waals surface area contributed by atoms with E-state index in [1.807, 2.05) is 58.3 Å². The fourth-order valence-electron chi connectivity index (χ4n) is 3.37. The van der Waals surface area contributed by atoms with E-state index >= 15 is 0 Å². The van der Waals surface area contributed by atoms with Crippen LogP contribution in [0.5, 0.6) is 0 Å². The highest BCUT2D eigenvalue weighted by molar-refractivity contribution is 5.97. The predicted octanol–water partition coefficient (Wildman–Crippen LogP) is 3.48. The number of methoxy groups -OCH3 is 1. The first-order valence-corrected chi connectivity index (χ1v) is 10.6. The Morgan fingerprint density at radius 3 is 2.71 bits per heavy atom. The van der Waals surface area contributed by atoms with Crippen molar-refractivity contribution in [2.45, 2.75) is 45.3 Å². The second-order valence-corrected chi connectivity index (χ2v) is 8.67. The van der Waals surface area contributed by atoms with Crippen molar-refractivity contribution in [3.63, 3.8) is 0 Å². The van der Waals surface area contributed by atoms with Gasteiger partial charge in [0.1, 0.15) is 11.6 Å². The van der Waals surface area contributed by atoms with E-state index in [0.29, 0.717) is 18.2 Å². The van der Waals surface area contributed by atoms with Crippen LogP contribution in [-0.4, -0.2) is 52.9 Å². The molecule has 2 aromatic heterocycles. The highest BCUT2D eigenvalue weighted by Gasteiger charge is 2.24. The second-order valence-electron chi connectivity index (χ2n) is 8.67. The monoisotopic (exact) mass is 422 g/mol. The molecule has 8 heteroatoms. The topological polar surface area (TPSA) is 92.6 Å². The molecule has 1 aromatic carbocycles. The Kier molecular flexibility index (Phi) is 5.58. The van der Waals surface area contributed by atoms with Crippen LogP contribution in [0.15, 0.2) is 30.5 Å². The number of amides is 1. The van der Waals surface area contributed by atoms with Crippen LogP contribution >= 0.6 is 0 Å². The molecule has 2 heterocycles. The van der Waals surface area contributed by atoms with Crippen LogP contribution in [0.4, 0.5) is 11.6 Å². The van der Waals surface area contributed by atoms with Crippen molar-refractivity contribution >= 4 is 23.2 Å². The standard InChI is InChI=1S/C23H30N6O2/c1-14-10-15(6-9-17(14)22(30)27-16-7-8-16)18-12-26-29-20(25-13-23(2,3)31-5)11-19(24-4)28-21(18)29/h6,9-12,16,25H,7-8,13H2,1-5H3,(H,24,28)(H,27,30). The second kappa shape index (κ2) is 8.19. The van der Waals surface area contributed by atoms with Crippen molar-refractivity contribution in [3.8, 4) is 11.1 Å². The molecular weight excluding hydrogens is 392 g/mol. The summed E-state index contributed by atoms with van der Waals surface area (Å²) in [5, 5.41) is 14.2. The lowest BCUT2D eigenvalue weighted by atomic mass is 10.0. The van der Waals surface area contributed by atoms with Gasteiger partial charge in [-0.15, -0.1) is 0 Å². The summed E-state index contributed by atoms with van der Waals surface area (Å²) in [6.45, 7) is 6.62. The van der Waals surface area contributed by atoms with Crippen molar-refractivity contribution in [2.24, 2.45) is 0 Å². The van der Waals surface area contributed by atoms with Crippen LogP contribution in [0.25, 0.3) is 16.8 Å². The van der Waals surface area contributed by atoms with Gasteiger partial charge in [-0.1, -0.05) is 12.1 Å². The number of nitrogens with zero attached hydrogens (tertiary/aromatic N) is 3. The number of carbonyl (C=O) groups is 1. The van der Waals surface area contributed by atoms with Crippen LogP contribution in [0.3, 0.4) is 0 Å². The molecule has 3 N–H and O–H groups in total. The summed E-state index contributed by atoms with van der Waals surface area (Å²) in [7, 11) is 3.54. The Morgan fingerprint density at radius 2 is 2.06 bits per heavy atom. The van der Waals surface area contributed by atoms with Crippen LogP contribution in [0.1, 0.15) is 42.6 Å². The lowest BCUT2D eigenvalue weighted by Gasteiger charge is -2.24. The highest BCUT2D eigenvalue weighted by atomic mass is 16.5. The van der Waals surface area contributed by atoms with E-state index in [1.165, 1.54) is 0 Å². The summed E-state index contributed by atoms with van der Waals surface area (Å²) in [4.78, 5) is 17.2. The van der Waals surface area contributed by atoms with Gasteiger partial charge >= 0.3 is 0 Å². The van der Waals surface area contributed by atoms with Gasteiger partial charge in [-0.05, 0) is 50.8 Å². The summed E-state index contributed by atoms with van der Waals surface area (Å²) in [6, 6.07) is 8.12. The van der Waals surface area contributed by atoms with E-state index in [0.717, 1.165) is 46.8 Å². The minimum Gasteiger partial charge on any atom is -0.377 e. The van der Waals surface area contributed by atoms with E-state index in [1.54, 1.807) is 11.6 Å². The number of ether oxygens (including phenoxy) is 1. The molecule has 0 spiro atoms. The number of carbonyl (C=O) groups excluding carboxylic acids is 1. The first-order valence-electron chi connectivity index (χ1n) is 10.6. The number of hydrogen-bond acceptors (Lipinski definition) is 6. The predicted molar refractivity (Wildman–Crippen MR) is 123 cm³/mol. The van der Waals surface area contributed by atoms with E-state index in [4.69, 9.17) is 9.72 Å². The third kappa shape index (κ3) is 4.49. The summed E-state index contributed by atoms with van der Waals surface area (Å²) >= 11 is 0. The Labute approximate surface area is 182 Å². The molecule has 0 atom stereocenters. The van der Waals surface area contributed by atoms with Gasteiger partial charge in [0.05, 0.1) is 11.8 Å². The molecule has 4 rings (SSSR count). The number of rotatable bonds is 8. The van der Waals surface area contributed by atoms with E-state index in [9.17, 15) is 4.79 Å². The number of aryl methyl sites for hydroxylation is 1. The Hall–Kier alpha value is -3.13. The van der Waals surface area contributed by atoms with Gasteiger partial charge in [0.25, 0.3) is 5.91 Å². The molecule has 164 valence electrons. The van der Waals surface area contributed by atoms with Crippen LogP contribution in [0.2, 0.25) is 0 Å². The third-order valence-electron chi connectivity index (χ3n) is 5.67. The van der Waals surface area contributed by atoms with Crippen LogP contribution < -0.4 is 16.0 Å². The van der Waals surface area contributed by atoms with E-state index < -0.39 is 0 Å². The van der Waals surface area contributed by atoms with Gasteiger partial charge in [0.2, 0.25) is 0 Å². The maximum Gasteiger partial charge on any atom is 0.251 e. The molecule has 3 aromatic rings. The maximum atomic E-state index is 12.5. The van der Waals surface area contributed by atoms with Gasteiger partial charge in [-0.3, -0.25) is 4.79 Å². The largest absolute Gasteiger partial charge is 0.377 e. The van der Waals surface area contributed by atoms with Gasteiger partial charge in [-0.2, -0.15) is 9.61 Å². The molecule has 1 aliphatic rings. The number of benzene rings is 1. The van der Waals surface area contributed by atoms with Gasteiger partial charge in [0, 0.05) is 43.9 Å². The fraction of sp³-hybridized carbons (Fsp3) is 0.435. The molecule has 0 unspecified atom stereocenters. The molecule has 1 saturated carbocycles. The number of aromatic nitrogens is 3. The molecule has 1 fully saturated rings. The summed E-state index contributed by atoms with van der Waals surface area (Å²) < 4.78 is 7.31. The molecule has 0 radical (unpaired) electrons. The summed E-state index contributed by atoms with van der Waals surface area (Å²) in [6.07, 6.45) is 3.96. The summed E-state index contributed by atoms with van der Waals surface area (Å²) in [5.74, 6) is 1.56. The smallest absolute Gasteiger partial charge is 0.251 e. The highest BCUT2D eigenvalue weighted by Crippen LogP contribution is 2.29. The Morgan fingerprint density at radius 1 is 1.29 bits per heavy atom. The minimum absolute atomic E-state index is 0.00532. The number of nitrogens with one attached hydrogen (secondary N) is 3. The maximum absolute atomic E-state index is 12.5. The molecule has 1 aliphatic carbocycles. The molecule has 8 nitrogen and oxygen atoms in total. The number of anilines is 2. The molecule has 31 heavy (non-hydrogen) atoms. The SMILES string of the molecule is CNc1cc(NCC(C)(C)OC)n2ncc(-c3ccc(C(=O)NC4CC4)c(C)c3)c2n1. The number of fused-ring (bicyclic) bond motifs is 1. The molecular formula is C23H30N6O2. The first kappa shape index (κ1) is 21.1. The van der Waals surface area contributed by atoms with E-state index in [-0.39, 0.29) is 11.5 Å². The average Bonchev–Trinajstić information content (AvgIpc) is 3.46. The van der Waals surface area contributed by atoms with Crippen molar-refractivity contribution in [2.75, 3.05) is 31.3 Å². The zero-order chi connectivity index (χ0) is 22.2. The Bertz CT molecular complexity index is 1120. The third-order valence-corrected chi connectivity index (χ3v) is 5.67. The zero-order valence-corrected chi connectivity index (χ0v) is 18.7. The zero-order valence-electron chi connectivity index (χ0n) is 18.7. The van der Waals surface area contributed by atoms with Crippen molar-refractivity contribution in [3.05, 3.63) is 41.6 Å². The quantitative estimate of drug-likeness (QED) is 0.515. The minimum atomic E-state index is -0.320. The summed E-state index contributed by atoms with van der Waals surface area (Å²) in [5.41, 5.74) is 3.93. The number of hydrogen-bond donors (Lipinski definition) is 3. The Balaban J connectivity index is 1.68. The molecule has 0 saturated heterocycles. The fourth-order valence-corrected chi connectivity index (χ4v) is 3.37. The molecule has 0 bridgehead atoms. The van der Waals surface area contributed by atoms with Gasteiger partial charge in [-0.25, -0.2) is 4.98 Å². The van der Waals surface area contributed by atoms with Crippen molar-refractivity contribution in [1.29, 1.82) is 0 Å². The molecule has 1 amide bonds. The van der Waals surface area contributed by atoms with Gasteiger partial charge < -0.3 is 20.7 Å². The lowest BCUT2D eigenvalue weighted by Crippen LogP contribution is -2.32. The normalized spacial score (nSPS) is 14.0. The average molecular weight is 423 g/mol.